The summed E-state index contributed by atoms with van der Waals surface area (Å²) in [5.41, 5.74) is 0. The van der Waals surface area contributed by atoms with Crippen molar-refractivity contribution in [2.75, 3.05) is 19.0 Å². The van der Waals surface area contributed by atoms with Gasteiger partial charge in [-0.25, -0.2) is 13.6 Å². The van der Waals surface area contributed by atoms with Crippen LogP contribution in [-0.2, 0) is 19.6 Å². The summed E-state index contributed by atoms with van der Waals surface area (Å²) in [6.07, 6.45) is 1.21. The van der Waals surface area contributed by atoms with Gasteiger partial charge in [0.25, 0.3) is 0 Å². The minimum absolute atomic E-state index is 0.188. The molecule has 1 fully saturated rings. The summed E-state index contributed by atoms with van der Waals surface area (Å²) in [5, 5.41) is 4.76. The highest BCUT2D eigenvalue weighted by molar-refractivity contribution is 7.89. The number of nitrogens with two attached hydrogens (primary N) is 1. The number of carbonyl (C=O) groups excluding carboxylic acids is 1. The third-order valence-corrected chi connectivity index (χ3v) is 2.71. The van der Waals surface area contributed by atoms with Crippen LogP contribution in [0.4, 0.5) is 0 Å². The minimum atomic E-state index is -3.66. The maximum Gasteiger partial charge on any atom is 0.216 e. The molecule has 0 aromatic rings. The molecule has 0 amide bonds. The zero-order valence-corrected chi connectivity index (χ0v) is 8.05. The van der Waals surface area contributed by atoms with Crippen molar-refractivity contribution in [3.8, 4) is 0 Å². The largest absolute Gasteiger partial charge is 0.381 e. The Morgan fingerprint density at radius 2 is 1.92 bits per heavy atom. The van der Waals surface area contributed by atoms with Crippen molar-refractivity contribution >= 4 is 15.8 Å². The molecule has 0 unspecified atom stereocenters. The molecule has 0 radical (unpaired) electrons. The Morgan fingerprint density at radius 1 is 1.38 bits per heavy atom. The van der Waals surface area contributed by atoms with Crippen molar-refractivity contribution in [2.45, 2.75) is 12.8 Å². The van der Waals surface area contributed by atoms with Gasteiger partial charge < -0.3 is 4.74 Å². The fourth-order valence-electron chi connectivity index (χ4n) is 1.34. The average Bonchev–Trinajstić information content (AvgIpc) is 2.03. The third kappa shape index (κ3) is 3.84. The topological polar surface area (TPSA) is 86.5 Å². The first-order valence-electron chi connectivity index (χ1n) is 4.10. The van der Waals surface area contributed by atoms with E-state index in [0.717, 1.165) is 0 Å². The highest BCUT2D eigenvalue weighted by Gasteiger charge is 2.24. The molecule has 0 bridgehead atoms. The molecule has 1 rings (SSSR count). The van der Waals surface area contributed by atoms with Gasteiger partial charge in [0.05, 0.1) is 0 Å². The number of ketones is 1. The molecule has 76 valence electrons. The van der Waals surface area contributed by atoms with E-state index in [1.807, 2.05) is 0 Å². The van der Waals surface area contributed by atoms with Crippen molar-refractivity contribution in [1.29, 1.82) is 0 Å². The second kappa shape index (κ2) is 4.17. The number of primary sulfonamides is 1. The second-order valence-electron chi connectivity index (χ2n) is 3.16. The van der Waals surface area contributed by atoms with Crippen molar-refractivity contribution < 1.29 is 17.9 Å². The Hall–Kier alpha value is -0.460. The van der Waals surface area contributed by atoms with Gasteiger partial charge >= 0.3 is 0 Å². The Kier molecular flexibility index (Phi) is 3.40. The fraction of sp³-hybridized carbons (Fsp3) is 0.857. The van der Waals surface area contributed by atoms with Gasteiger partial charge in [-0.3, -0.25) is 4.79 Å². The van der Waals surface area contributed by atoms with Crippen LogP contribution in [-0.4, -0.2) is 33.2 Å². The number of sulfonamides is 1. The molecular weight excluding hydrogens is 194 g/mol. The van der Waals surface area contributed by atoms with Gasteiger partial charge in [0, 0.05) is 19.1 Å². The highest BCUT2D eigenvalue weighted by atomic mass is 32.2. The van der Waals surface area contributed by atoms with Crippen LogP contribution < -0.4 is 5.14 Å². The lowest BCUT2D eigenvalue weighted by Crippen LogP contribution is -2.31. The van der Waals surface area contributed by atoms with E-state index in [4.69, 9.17) is 9.88 Å². The molecule has 0 aromatic carbocycles. The fourth-order valence-corrected chi connectivity index (χ4v) is 1.97. The molecule has 0 aliphatic carbocycles. The summed E-state index contributed by atoms with van der Waals surface area (Å²) < 4.78 is 26.3. The predicted octanol–water partition coefficient (Wildman–Crippen LogP) is -0.729. The first-order chi connectivity index (χ1) is 5.99. The Balaban J connectivity index is 2.47. The van der Waals surface area contributed by atoms with E-state index in [1.165, 1.54) is 0 Å². The van der Waals surface area contributed by atoms with Gasteiger partial charge in [-0.1, -0.05) is 0 Å². The molecule has 0 saturated carbocycles. The highest BCUT2D eigenvalue weighted by Crippen LogP contribution is 2.15. The van der Waals surface area contributed by atoms with Crippen LogP contribution in [0.25, 0.3) is 0 Å². The molecule has 0 atom stereocenters. The SMILES string of the molecule is NS(=O)(=O)CC(=O)C1CCOCC1. The average molecular weight is 207 g/mol. The van der Waals surface area contributed by atoms with Crippen LogP contribution >= 0.6 is 0 Å². The zero-order chi connectivity index (χ0) is 9.90. The van der Waals surface area contributed by atoms with E-state index < -0.39 is 15.8 Å². The minimum Gasteiger partial charge on any atom is -0.381 e. The monoisotopic (exact) mass is 207 g/mol. The lowest BCUT2D eigenvalue weighted by Gasteiger charge is -2.20. The van der Waals surface area contributed by atoms with Gasteiger partial charge in [-0.05, 0) is 12.8 Å². The van der Waals surface area contributed by atoms with E-state index in [0.29, 0.717) is 26.1 Å². The summed E-state index contributed by atoms with van der Waals surface area (Å²) in [7, 11) is -3.66. The molecule has 13 heavy (non-hydrogen) atoms. The molecule has 6 heteroatoms. The molecule has 5 nitrogen and oxygen atoms in total. The predicted molar refractivity (Wildman–Crippen MR) is 46.5 cm³/mol. The number of hydrogen-bond donors (Lipinski definition) is 1. The van der Waals surface area contributed by atoms with Gasteiger partial charge in [0.2, 0.25) is 10.0 Å². The van der Waals surface area contributed by atoms with Crippen molar-refractivity contribution in [3.05, 3.63) is 0 Å². The van der Waals surface area contributed by atoms with E-state index in [9.17, 15) is 13.2 Å². The van der Waals surface area contributed by atoms with Crippen LogP contribution in [0.5, 0.6) is 0 Å². The number of rotatable bonds is 3. The van der Waals surface area contributed by atoms with E-state index in [-0.39, 0.29) is 11.7 Å². The summed E-state index contributed by atoms with van der Waals surface area (Å²) in [6, 6.07) is 0. The maximum atomic E-state index is 11.3. The molecular formula is C7H13NO4S. The summed E-state index contributed by atoms with van der Waals surface area (Å²) in [5.74, 6) is -1.02. The van der Waals surface area contributed by atoms with Crippen LogP contribution in [0.1, 0.15) is 12.8 Å². The second-order valence-corrected chi connectivity index (χ2v) is 4.77. The lowest BCUT2D eigenvalue weighted by molar-refractivity contribution is -0.123. The van der Waals surface area contributed by atoms with Gasteiger partial charge in [0.15, 0.2) is 5.78 Å². The van der Waals surface area contributed by atoms with Crippen molar-refractivity contribution in [1.82, 2.24) is 0 Å². The number of hydrogen-bond acceptors (Lipinski definition) is 4. The first-order valence-corrected chi connectivity index (χ1v) is 5.81. The van der Waals surface area contributed by atoms with Gasteiger partial charge in [-0.2, -0.15) is 0 Å². The maximum absolute atomic E-state index is 11.3. The molecule has 1 aliphatic heterocycles. The molecule has 2 N–H and O–H groups in total. The third-order valence-electron chi connectivity index (χ3n) is 2.02. The Morgan fingerprint density at radius 3 is 2.38 bits per heavy atom. The lowest BCUT2D eigenvalue weighted by atomic mass is 9.96. The molecule has 1 heterocycles. The van der Waals surface area contributed by atoms with Gasteiger partial charge in [0.1, 0.15) is 5.75 Å². The molecule has 1 saturated heterocycles. The number of carbonyl (C=O) groups is 1. The summed E-state index contributed by atoms with van der Waals surface area (Å²) >= 11 is 0. The normalized spacial score (nSPS) is 20.1. The van der Waals surface area contributed by atoms with E-state index in [2.05, 4.69) is 0 Å². The summed E-state index contributed by atoms with van der Waals surface area (Å²) in [4.78, 5) is 11.3. The van der Waals surface area contributed by atoms with Crippen LogP contribution in [0, 0.1) is 5.92 Å². The Labute approximate surface area is 77.3 Å². The molecule has 0 spiro atoms. The quantitative estimate of drug-likeness (QED) is 0.661. The van der Waals surface area contributed by atoms with E-state index >= 15 is 0 Å². The van der Waals surface area contributed by atoms with E-state index in [1.54, 1.807) is 0 Å². The zero-order valence-electron chi connectivity index (χ0n) is 7.23. The number of Topliss-reactive ketones (excluding diaryl/α,β-unsaturated/α-hetero) is 1. The van der Waals surface area contributed by atoms with Crippen molar-refractivity contribution in [3.63, 3.8) is 0 Å². The summed E-state index contributed by atoms with van der Waals surface area (Å²) in [6.45, 7) is 1.06. The van der Waals surface area contributed by atoms with Crippen LogP contribution in [0.3, 0.4) is 0 Å². The van der Waals surface area contributed by atoms with Crippen molar-refractivity contribution in [2.24, 2.45) is 11.1 Å². The standard InChI is InChI=1S/C7H13NO4S/c8-13(10,11)5-7(9)6-1-3-12-4-2-6/h6H,1-5H2,(H2,8,10,11). The van der Waals surface area contributed by atoms with Crippen LogP contribution in [0.15, 0.2) is 0 Å². The smallest absolute Gasteiger partial charge is 0.216 e. The molecule has 1 aliphatic rings. The Bertz CT molecular complexity index is 279. The first kappa shape index (κ1) is 10.6. The van der Waals surface area contributed by atoms with Gasteiger partial charge in [-0.15, -0.1) is 0 Å². The molecule has 0 aromatic heterocycles. The number of ether oxygens (including phenoxy) is 1. The van der Waals surface area contributed by atoms with Crippen LogP contribution in [0.2, 0.25) is 0 Å².